The van der Waals surface area contributed by atoms with E-state index in [0.717, 1.165) is 6.07 Å². The summed E-state index contributed by atoms with van der Waals surface area (Å²) in [5.74, 6) is 0.187. The van der Waals surface area contributed by atoms with Crippen molar-refractivity contribution >= 4 is 11.9 Å². The number of rotatable bonds is 4. The van der Waals surface area contributed by atoms with Crippen LogP contribution in [0.15, 0.2) is 16.9 Å². The largest absolute Gasteiger partial charge is 0.480 e. The predicted molar refractivity (Wildman–Crippen MR) is 57.2 cm³/mol. The van der Waals surface area contributed by atoms with Gasteiger partial charge in [0.05, 0.1) is 0 Å². The van der Waals surface area contributed by atoms with Crippen molar-refractivity contribution in [2.24, 2.45) is 0 Å². The Morgan fingerprint density at radius 2 is 2.29 bits per heavy atom. The third kappa shape index (κ3) is 3.46. The van der Waals surface area contributed by atoms with Crippen molar-refractivity contribution in [1.82, 2.24) is 15.5 Å². The first-order chi connectivity index (χ1) is 8.04. The Morgan fingerprint density at radius 1 is 1.59 bits per heavy atom. The van der Waals surface area contributed by atoms with E-state index in [9.17, 15) is 14.4 Å². The second-order valence-electron chi connectivity index (χ2n) is 3.08. The molecule has 0 spiro atoms. The standard InChI is InChI=1S/C10H9N3O4/c1-2-3-7(10(16)17)11-9(15)6-4-5-8(14)13-12-6/h1,4-5,7H,3H2,(H,11,15)(H,13,14)(H,16,17). The van der Waals surface area contributed by atoms with Gasteiger partial charge in [-0.3, -0.25) is 9.59 Å². The van der Waals surface area contributed by atoms with E-state index in [2.05, 4.69) is 21.4 Å². The van der Waals surface area contributed by atoms with Crippen molar-refractivity contribution in [3.63, 3.8) is 0 Å². The van der Waals surface area contributed by atoms with E-state index in [-0.39, 0.29) is 12.1 Å². The molecule has 7 heteroatoms. The van der Waals surface area contributed by atoms with Crippen LogP contribution in [0.3, 0.4) is 0 Å². The smallest absolute Gasteiger partial charge is 0.327 e. The Labute approximate surface area is 95.9 Å². The van der Waals surface area contributed by atoms with Gasteiger partial charge in [0, 0.05) is 12.5 Å². The molecule has 0 fully saturated rings. The Bertz CT molecular complexity index is 509. The van der Waals surface area contributed by atoms with Crippen LogP contribution in [-0.4, -0.2) is 33.2 Å². The second-order valence-corrected chi connectivity index (χ2v) is 3.08. The molecule has 1 amide bonds. The molecule has 1 aromatic heterocycles. The number of carboxylic acids is 1. The molecular formula is C10H9N3O4. The number of H-pyrrole nitrogens is 1. The van der Waals surface area contributed by atoms with Gasteiger partial charge in [-0.15, -0.1) is 12.3 Å². The number of aliphatic carboxylic acids is 1. The van der Waals surface area contributed by atoms with Gasteiger partial charge in [-0.05, 0) is 6.07 Å². The average molecular weight is 235 g/mol. The fourth-order valence-corrected chi connectivity index (χ4v) is 1.02. The highest BCUT2D eigenvalue weighted by Crippen LogP contribution is 1.95. The summed E-state index contributed by atoms with van der Waals surface area (Å²) in [6, 6.07) is 1.11. The number of hydrogen-bond donors (Lipinski definition) is 3. The topological polar surface area (TPSA) is 112 Å². The maximum absolute atomic E-state index is 11.5. The minimum atomic E-state index is -1.24. The van der Waals surface area contributed by atoms with Crippen LogP contribution in [0.25, 0.3) is 0 Å². The molecular weight excluding hydrogens is 226 g/mol. The van der Waals surface area contributed by atoms with Crippen molar-refractivity contribution < 1.29 is 14.7 Å². The molecule has 0 aliphatic carbocycles. The minimum absolute atomic E-state index is 0.0899. The van der Waals surface area contributed by atoms with Crippen molar-refractivity contribution in [1.29, 1.82) is 0 Å². The molecule has 88 valence electrons. The zero-order valence-electron chi connectivity index (χ0n) is 8.64. The molecule has 3 N–H and O–H groups in total. The highest BCUT2D eigenvalue weighted by atomic mass is 16.4. The van der Waals surface area contributed by atoms with E-state index in [1.165, 1.54) is 6.07 Å². The highest BCUT2D eigenvalue weighted by molar-refractivity contribution is 5.94. The van der Waals surface area contributed by atoms with Gasteiger partial charge in [0.15, 0.2) is 0 Å². The van der Waals surface area contributed by atoms with E-state index in [4.69, 9.17) is 11.5 Å². The molecule has 1 atom stereocenters. The summed E-state index contributed by atoms with van der Waals surface area (Å²) in [6.45, 7) is 0. The average Bonchev–Trinajstić information content (AvgIpc) is 2.29. The van der Waals surface area contributed by atoms with Crippen LogP contribution in [0.4, 0.5) is 0 Å². The van der Waals surface area contributed by atoms with E-state index in [1.807, 2.05) is 0 Å². The molecule has 1 aromatic rings. The fraction of sp³-hybridized carbons (Fsp3) is 0.200. The van der Waals surface area contributed by atoms with Crippen molar-refractivity contribution in [2.75, 3.05) is 0 Å². The molecule has 1 unspecified atom stereocenters. The normalized spacial score (nSPS) is 11.2. The third-order valence-corrected chi connectivity index (χ3v) is 1.84. The first-order valence-electron chi connectivity index (χ1n) is 4.57. The summed E-state index contributed by atoms with van der Waals surface area (Å²) in [4.78, 5) is 32.9. The quantitative estimate of drug-likeness (QED) is 0.578. The highest BCUT2D eigenvalue weighted by Gasteiger charge is 2.20. The molecule has 17 heavy (non-hydrogen) atoms. The molecule has 0 aliphatic heterocycles. The molecule has 0 saturated carbocycles. The molecule has 0 aliphatic rings. The van der Waals surface area contributed by atoms with Crippen LogP contribution in [0.1, 0.15) is 16.9 Å². The number of aromatic nitrogens is 2. The fourth-order valence-electron chi connectivity index (χ4n) is 1.02. The molecule has 0 aromatic carbocycles. The lowest BCUT2D eigenvalue weighted by atomic mass is 10.2. The SMILES string of the molecule is C#CCC(NC(=O)c1ccc(=O)[nH]n1)C(=O)O. The van der Waals surface area contributed by atoms with Gasteiger partial charge in [0.2, 0.25) is 0 Å². The van der Waals surface area contributed by atoms with Crippen LogP contribution in [0.2, 0.25) is 0 Å². The predicted octanol–water partition coefficient (Wildman–Crippen LogP) is -1.02. The van der Waals surface area contributed by atoms with Crippen molar-refractivity contribution in [2.45, 2.75) is 12.5 Å². The minimum Gasteiger partial charge on any atom is -0.480 e. The molecule has 7 nitrogen and oxygen atoms in total. The molecule has 0 radical (unpaired) electrons. The summed E-state index contributed by atoms with van der Waals surface area (Å²) in [7, 11) is 0. The number of carbonyl (C=O) groups is 2. The Kier molecular flexibility index (Phi) is 4.00. The molecule has 0 bridgehead atoms. The number of aromatic amines is 1. The van der Waals surface area contributed by atoms with E-state index in [0.29, 0.717) is 0 Å². The zero-order valence-corrected chi connectivity index (χ0v) is 8.64. The monoisotopic (exact) mass is 235 g/mol. The maximum atomic E-state index is 11.5. The number of carboxylic acid groups (broad SMARTS) is 1. The van der Waals surface area contributed by atoms with Crippen LogP contribution in [0.5, 0.6) is 0 Å². The van der Waals surface area contributed by atoms with Crippen molar-refractivity contribution in [3.05, 3.63) is 28.2 Å². The lowest BCUT2D eigenvalue weighted by Crippen LogP contribution is -2.41. The van der Waals surface area contributed by atoms with Crippen LogP contribution in [-0.2, 0) is 4.79 Å². The molecule has 1 heterocycles. The van der Waals surface area contributed by atoms with Gasteiger partial charge < -0.3 is 10.4 Å². The molecule has 1 rings (SSSR count). The first-order valence-corrected chi connectivity index (χ1v) is 4.57. The van der Waals surface area contributed by atoms with E-state index in [1.54, 1.807) is 0 Å². The summed E-state index contributed by atoms with van der Waals surface area (Å²) in [6.07, 6.45) is 4.84. The van der Waals surface area contributed by atoms with Gasteiger partial charge in [-0.2, -0.15) is 5.10 Å². The van der Waals surface area contributed by atoms with Gasteiger partial charge in [-0.1, -0.05) is 0 Å². The van der Waals surface area contributed by atoms with Gasteiger partial charge in [-0.25, -0.2) is 9.89 Å². The summed E-state index contributed by atoms with van der Waals surface area (Å²) in [5, 5.41) is 16.5. The summed E-state index contributed by atoms with van der Waals surface area (Å²) < 4.78 is 0. The number of nitrogens with one attached hydrogen (secondary N) is 2. The van der Waals surface area contributed by atoms with Crippen LogP contribution >= 0.6 is 0 Å². The number of amides is 1. The summed E-state index contributed by atoms with van der Waals surface area (Å²) >= 11 is 0. The number of nitrogens with zero attached hydrogens (tertiary/aromatic N) is 1. The second kappa shape index (κ2) is 5.46. The Morgan fingerprint density at radius 3 is 2.76 bits per heavy atom. The van der Waals surface area contributed by atoms with Gasteiger partial charge >= 0.3 is 5.97 Å². The van der Waals surface area contributed by atoms with Crippen LogP contribution < -0.4 is 10.9 Å². The van der Waals surface area contributed by atoms with Crippen LogP contribution in [0, 0.1) is 12.3 Å². The molecule has 0 saturated heterocycles. The number of hydrogen-bond acceptors (Lipinski definition) is 4. The number of carbonyl (C=O) groups excluding carboxylic acids is 1. The van der Waals surface area contributed by atoms with Gasteiger partial charge in [0.1, 0.15) is 11.7 Å². The summed E-state index contributed by atoms with van der Waals surface area (Å²) in [5.41, 5.74) is -0.548. The van der Waals surface area contributed by atoms with Gasteiger partial charge in [0.25, 0.3) is 11.5 Å². The van der Waals surface area contributed by atoms with Crippen molar-refractivity contribution in [3.8, 4) is 12.3 Å². The maximum Gasteiger partial charge on any atom is 0.327 e. The lowest BCUT2D eigenvalue weighted by Gasteiger charge is -2.10. The number of terminal acetylenes is 1. The third-order valence-electron chi connectivity index (χ3n) is 1.84. The Balaban J connectivity index is 2.77. The van der Waals surface area contributed by atoms with E-state index >= 15 is 0 Å². The zero-order chi connectivity index (χ0) is 12.8. The van der Waals surface area contributed by atoms with E-state index < -0.39 is 23.5 Å². The first kappa shape index (κ1) is 12.4. The lowest BCUT2D eigenvalue weighted by molar-refractivity contribution is -0.139. The Hall–Kier alpha value is -2.62.